The Bertz CT molecular complexity index is 1110. The average molecular weight is 379 g/mol. The molecule has 0 saturated heterocycles. The van der Waals surface area contributed by atoms with Gasteiger partial charge in [-0.15, -0.1) is 10.2 Å². The Hall–Kier alpha value is -3.13. The van der Waals surface area contributed by atoms with E-state index in [1.54, 1.807) is 31.4 Å². The monoisotopic (exact) mass is 379 g/mol. The number of fused-ring (bicyclic) bond motifs is 3. The number of aromatic amines is 1. The lowest BCUT2D eigenvalue weighted by Crippen LogP contribution is -2.22. The molecule has 7 nitrogen and oxygen atoms in total. The van der Waals surface area contributed by atoms with E-state index in [0.29, 0.717) is 16.5 Å². The van der Waals surface area contributed by atoms with Crippen LogP contribution in [0.1, 0.15) is 6.92 Å². The van der Waals surface area contributed by atoms with Gasteiger partial charge in [-0.2, -0.15) is 0 Å². The lowest BCUT2D eigenvalue weighted by atomic mass is 10.2. The molecular weight excluding hydrogens is 362 g/mol. The van der Waals surface area contributed by atoms with Crippen LogP contribution in [0.5, 0.6) is 5.75 Å². The lowest BCUT2D eigenvalue weighted by Gasteiger charge is -2.11. The maximum atomic E-state index is 12.4. The van der Waals surface area contributed by atoms with E-state index in [1.165, 1.54) is 11.8 Å². The van der Waals surface area contributed by atoms with E-state index in [1.807, 2.05) is 31.2 Å². The summed E-state index contributed by atoms with van der Waals surface area (Å²) in [5.74, 6) is 0.604. The molecule has 0 unspecified atom stereocenters. The van der Waals surface area contributed by atoms with Crippen LogP contribution in [0, 0.1) is 0 Å². The largest absolute Gasteiger partial charge is 0.497 e. The molecule has 136 valence electrons. The number of anilines is 1. The number of nitrogens with zero attached hydrogens (tertiary/aromatic N) is 3. The van der Waals surface area contributed by atoms with Crippen LogP contribution in [0.3, 0.4) is 0 Å². The number of methoxy groups -OCH3 is 1. The molecule has 0 aliphatic carbocycles. The number of thioether (sulfide) groups is 1. The van der Waals surface area contributed by atoms with Crippen molar-refractivity contribution in [2.45, 2.75) is 17.3 Å². The number of carbonyl (C=O) groups excluding carboxylic acids is 1. The van der Waals surface area contributed by atoms with Crippen molar-refractivity contribution in [1.82, 2.24) is 20.2 Å². The number of amides is 1. The first-order valence-electron chi connectivity index (χ1n) is 8.37. The lowest BCUT2D eigenvalue weighted by molar-refractivity contribution is -0.115. The average Bonchev–Trinajstić information content (AvgIpc) is 3.06. The number of ether oxygens (including phenoxy) is 1. The van der Waals surface area contributed by atoms with Gasteiger partial charge in [0.1, 0.15) is 11.3 Å². The van der Waals surface area contributed by atoms with E-state index in [4.69, 9.17) is 4.74 Å². The number of hydrogen-bond acceptors (Lipinski definition) is 6. The zero-order chi connectivity index (χ0) is 18.8. The SMILES string of the molecule is COc1ccc(NC(=O)[C@H](C)Sc2nnc3c(n2)[nH]c2ccccc23)cc1. The van der Waals surface area contributed by atoms with Crippen molar-refractivity contribution in [3.8, 4) is 5.75 Å². The van der Waals surface area contributed by atoms with Crippen LogP contribution in [-0.4, -0.2) is 38.4 Å². The Labute approximate surface area is 159 Å². The molecule has 2 aromatic carbocycles. The Balaban J connectivity index is 1.48. The predicted octanol–water partition coefficient (Wildman–Crippen LogP) is 3.63. The molecule has 2 N–H and O–H groups in total. The van der Waals surface area contributed by atoms with Gasteiger partial charge in [0, 0.05) is 16.6 Å². The van der Waals surface area contributed by atoms with Gasteiger partial charge in [0.15, 0.2) is 5.65 Å². The fourth-order valence-electron chi connectivity index (χ4n) is 2.69. The summed E-state index contributed by atoms with van der Waals surface area (Å²) in [6, 6.07) is 15.0. The molecular formula is C19H17N5O2S. The molecule has 8 heteroatoms. The smallest absolute Gasteiger partial charge is 0.237 e. The molecule has 1 atom stereocenters. The molecule has 1 amide bonds. The third-order valence-corrected chi connectivity index (χ3v) is 5.06. The van der Waals surface area contributed by atoms with Crippen molar-refractivity contribution >= 4 is 45.4 Å². The van der Waals surface area contributed by atoms with Crippen LogP contribution in [-0.2, 0) is 4.79 Å². The molecule has 0 spiro atoms. The molecule has 0 saturated carbocycles. The Morgan fingerprint density at radius 1 is 1.15 bits per heavy atom. The summed E-state index contributed by atoms with van der Waals surface area (Å²) in [7, 11) is 1.60. The van der Waals surface area contributed by atoms with E-state index < -0.39 is 0 Å². The topological polar surface area (TPSA) is 92.8 Å². The van der Waals surface area contributed by atoms with Gasteiger partial charge in [-0.05, 0) is 37.3 Å². The van der Waals surface area contributed by atoms with E-state index in [-0.39, 0.29) is 11.2 Å². The minimum absolute atomic E-state index is 0.134. The van der Waals surface area contributed by atoms with Gasteiger partial charge in [0.05, 0.1) is 12.4 Å². The molecule has 0 radical (unpaired) electrons. The number of nitrogens with one attached hydrogen (secondary N) is 2. The minimum atomic E-state index is -0.379. The predicted molar refractivity (Wildman–Crippen MR) is 106 cm³/mol. The van der Waals surface area contributed by atoms with Crippen molar-refractivity contribution in [2.75, 3.05) is 12.4 Å². The third kappa shape index (κ3) is 3.56. The van der Waals surface area contributed by atoms with Gasteiger partial charge in [0.2, 0.25) is 11.1 Å². The normalized spacial score (nSPS) is 12.2. The highest BCUT2D eigenvalue weighted by Crippen LogP contribution is 2.25. The fourth-order valence-corrected chi connectivity index (χ4v) is 3.40. The number of H-pyrrole nitrogens is 1. The van der Waals surface area contributed by atoms with Gasteiger partial charge < -0.3 is 15.0 Å². The maximum Gasteiger partial charge on any atom is 0.237 e. The summed E-state index contributed by atoms with van der Waals surface area (Å²) in [6.45, 7) is 1.81. The van der Waals surface area contributed by atoms with Crippen molar-refractivity contribution < 1.29 is 9.53 Å². The van der Waals surface area contributed by atoms with Gasteiger partial charge in [-0.25, -0.2) is 4.98 Å². The highest BCUT2D eigenvalue weighted by atomic mass is 32.2. The molecule has 4 aromatic rings. The zero-order valence-electron chi connectivity index (χ0n) is 14.8. The maximum absolute atomic E-state index is 12.4. The molecule has 0 aliphatic heterocycles. The zero-order valence-corrected chi connectivity index (χ0v) is 15.6. The molecule has 2 heterocycles. The third-order valence-electron chi connectivity index (χ3n) is 4.11. The summed E-state index contributed by atoms with van der Waals surface area (Å²) < 4.78 is 5.11. The summed E-state index contributed by atoms with van der Waals surface area (Å²) in [4.78, 5) is 20.2. The number of rotatable bonds is 5. The second kappa shape index (κ2) is 7.24. The molecule has 2 aromatic heterocycles. The fraction of sp³-hybridized carbons (Fsp3) is 0.158. The number of hydrogen-bond donors (Lipinski definition) is 2. The van der Waals surface area contributed by atoms with Gasteiger partial charge in [-0.1, -0.05) is 30.0 Å². The molecule has 0 fully saturated rings. The van der Waals surface area contributed by atoms with Crippen LogP contribution in [0.4, 0.5) is 5.69 Å². The number of benzene rings is 2. The van der Waals surface area contributed by atoms with E-state index >= 15 is 0 Å². The Kier molecular flexibility index (Phi) is 4.64. The molecule has 4 rings (SSSR count). The highest BCUT2D eigenvalue weighted by molar-refractivity contribution is 8.00. The van der Waals surface area contributed by atoms with Crippen molar-refractivity contribution in [3.05, 3.63) is 48.5 Å². The second-order valence-corrected chi connectivity index (χ2v) is 7.25. The molecule has 27 heavy (non-hydrogen) atoms. The summed E-state index contributed by atoms with van der Waals surface area (Å²) in [5, 5.41) is 12.4. The standard InChI is InChI=1S/C19H17N5O2S/c1-11(18(25)20-12-7-9-13(26-2)10-8-12)27-19-22-17-16(23-24-19)14-5-3-4-6-15(14)21-17/h3-11H,1-2H3,(H,20,25)(H,21,22,24)/t11-/m0/s1. The number of para-hydroxylation sites is 1. The summed E-state index contributed by atoms with van der Waals surface area (Å²) in [5.41, 5.74) is 3.06. The highest BCUT2D eigenvalue weighted by Gasteiger charge is 2.18. The van der Waals surface area contributed by atoms with Gasteiger partial charge in [0.25, 0.3) is 0 Å². The first kappa shape index (κ1) is 17.3. The quantitative estimate of drug-likeness (QED) is 0.514. The molecule has 0 bridgehead atoms. The first-order valence-corrected chi connectivity index (χ1v) is 9.25. The van der Waals surface area contributed by atoms with E-state index in [9.17, 15) is 4.79 Å². The van der Waals surface area contributed by atoms with Crippen molar-refractivity contribution in [2.24, 2.45) is 0 Å². The van der Waals surface area contributed by atoms with Crippen LogP contribution in [0.2, 0.25) is 0 Å². The Morgan fingerprint density at radius 2 is 1.93 bits per heavy atom. The summed E-state index contributed by atoms with van der Waals surface area (Å²) in [6.07, 6.45) is 0. The van der Waals surface area contributed by atoms with Crippen LogP contribution >= 0.6 is 11.8 Å². The summed E-state index contributed by atoms with van der Waals surface area (Å²) >= 11 is 1.26. The minimum Gasteiger partial charge on any atom is -0.497 e. The van der Waals surface area contributed by atoms with E-state index in [0.717, 1.165) is 22.2 Å². The van der Waals surface area contributed by atoms with Crippen LogP contribution < -0.4 is 10.1 Å². The second-order valence-electron chi connectivity index (χ2n) is 5.94. The van der Waals surface area contributed by atoms with Gasteiger partial charge >= 0.3 is 0 Å². The number of carbonyl (C=O) groups is 1. The first-order chi connectivity index (χ1) is 13.1. The number of aromatic nitrogens is 4. The van der Waals surface area contributed by atoms with Gasteiger partial charge in [-0.3, -0.25) is 4.79 Å². The molecule has 0 aliphatic rings. The van der Waals surface area contributed by atoms with E-state index in [2.05, 4.69) is 25.5 Å². The Morgan fingerprint density at radius 3 is 2.70 bits per heavy atom. The van der Waals surface area contributed by atoms with Crippen molar-refractivity contribution in [1.29, 1.82) is 0 Å². The van der Waals surface area contributed by atoms with Crippen LogP contribution in [0.25, 0.3) is 22.1 Å². The van der Waals surface area contributed by atoms with Crippen molar-refractivity contribution in [3.63, 3.8) is 0 Å². The van der Waals surface area contributed by atoms with Crippen LogP contribution in [0.15, 0.2) is 53.7 Å².